The molecule has 0 radical (unpaired) electrons. The van der Waals surface area contributed by atoms with Gasteiger partial charge in [0.15, 0.2) is 0 Å². The molecule has 1 aliphatic rings. The minimum Gasteiger partial charge on any atom is -0.380 e. The first-order valence-corrected chi connectivity index (χ1v) is 6.82. The number of nitrogens with two attached hydrogens (primary N) is 1. The second-order valence-corrected chi connectivity index (χ2v) is 4.78. The van der Waals surface area contributed by atoms with Crippen LogP contribution in [0.5, 0.6) is 0 Å². The van der Waals surface area contributed by atoms with Crippen molar-refractivity contribution in [2.24, 2.45) is 5.73 Å². The predicted octanol–water partition coefficient (Wildman–Crippen LogP) is 0.518. The first-order valence-electron chi connectivity index (χ1n) is 6.82. The Morgan fingerprint density at radius 3 is 3.00 bits per heavy atom. The molecular weight excluding hydrogens is 272 g/mol. The Labute approximate surface area is 123 Å². The number of urea groups is 1. The molecule has 7 heteroatoms. The smallest absolute Gasteiger partial charge is 0.321 e. The summed E-state index contributed by atoms with van der Waals surface area (Å²) in [7, 11) is 1.53. The average Bonchev–Trinajstić information content (AvgIpc) is 2.91. The molecule has 114 valence electrons. The number of hydrogen-bond acceptors (Lipinski definition) is 4. The molecule has 0 aromatic heterocycles. The SMILES string of the molecule is COC(CN)CC(=O)Nc1cccc(N2CCNC2=O)c1. The van der Waals surface area contributed by atoms with Crippen molar-refractivity contribution < 1.29 is 14.3 Å². The van der Waals surface area contributed by atoms with Crippen LogP contribution in [0.15, 0.2) is 24.3 Å². The molecule has 0 spiro atoms. The van der Waals surface area contributed by atoms with Gasteiger partial charge in [-0.2, -0.15) is 0 Å². The number of methoxy groups -OCH3 is 1. The fourth-order valence-electron chi connectivity index (χ4n) is 2.15. The van der Waals surface area contributed by atoms with Crippen LogP contribution in [0.2, 0.25) is 0 Å². The third-order valence-electron chi connectivity index (χ3n) is 3.31. The Balaban J connectivity index is 2.01. The lowest BCUT2D eigenvalue weighted by Crippen LogP contribution is -2.29. The van der Waals surface area contributed by atoms with Gasteiger partial charge >= 0.3 is 6.03 Å². The van der Waals surface area contributed by atoms with Crippen LogP contribution in [0.1, 0.15) is 6.42 Å². The van der Waals surface area contributed by atoms with Gasteiger partial charge in [0.1, 0.15) is 0 Å². The van der Waals surface area contributed by atoms with Crippen LogP contribution in [0.3, 0.4) is 0 Å². The number of carbonyl (C=O) groups excluding carboxylic acids is 2. The second-order valence-electron chi connectivity index (χ2n) is 4.78. The summed E-state index contributed by atoms with van der Waals surface area (Å²) in [5, 5.41) is 5.53. The van der Waals surface area contributed by atoms with Crippen molar-refractivity contribution in [3.63, 3.8) is 0 Å². The maximum absolute atomic E-state index is 11.9. The Bertz CT molecular complexity index is 517. The maximum atomic E-state index is 11.9. The standard InChI is InChI=1S/C14H20N4O3/c1-21-12(9-15)8-13(19)17-10-3-2-4-11(7-10)18-6-5-16-14(18)20/h2-4,7,12H,5-6,8-9,15H2,1H3,(H,16,20)(H,17,19). The fraction of sp³-hybridized carbons (Fsp3) is 0.429. The fourth-order valence-corrected chi connectivity index (χ4v) is 2.15. The zero-order valence-electron chi connectivity index (χ0n) is 12.0. The molecule has 3 amide bonds. The normalized spacial score (nSPS) is 15.7. The summed E-state index contributed by atoms with van der Waals surface area (Å²) >= 11 is 0. The molecule has 1 fully saturated rings. The molecule has 2 rings (SSSR count). The third-order valence-corrected chi connectivity index (χ3v) is 3.31. The molecule has 0 aliphatic carbocycles. The molecule has 1 saturated heterocycles. The quantitative estimate of drug-likeness (QED) is 0.712. The third kappa shape index (κ3) is 3.93. The molecule has 1 heterocycles. The van der Waals surface area contributed by atoms with E-state index >= 15 is 0 Å². The summed E-state index contributed by atoms with van der Waals surface area (Å²) in [6.45, 7) is 1.54. The van der Waals surface area contributed by atoms with Crippen LogP contribution >= 0.6 is 0 Å². The number of amides is 3. The molecule has 0 bridgehead atoms. The summed E-state index contributed by atoms with van der Waals surface area (Å²) in [5.74, 6) is -0.171. The van der Waals surface area contributed by atoms with E-state index in [0.717, 1.165) is 5.69 Å². The van der Waals surface area contributed by atoms with Gasteiger partial charge in [-0.1, -0.05) is 6.07 Å². The van der Waals surface area contributed by atoms with Crippen LogP contribution < -0.4 is 21.3 Å². The Kier molecular flexibility index (Phi) is 5.13. The van der Waals surface area contributed by atoms with Crippen molar-refractivity contribution >= 4 is 23.3 Å². The molecule has 1 aliphatic heterocycles. The van der Waals surface area contributed by atoms with E-state index in [1.165, 1.54) is 7.11 Å². The number of hydrogen-bond donors (Lipinski definition) is 3. The van der Waals surface area contributed by atoms with Gasteiger partial charge in [-0.25, -0.2) is 4.79 Å². The van der Waals surface area contributed by atoms with Gasteiger partial charge in [-0.15, -0.1) is 0 Å². The molecule has 1 unspecified atom stereocenters. The number of ether oxygens (including phenoxy) is 1. The molecule has 21 heavy (non-hydrogen) atoms. The Hall–Kier alpha value is -2.12. The van der Waals surface area contributed by atoms with Crippen molar-refractivity contribution in [3.8, 4) is 0 Å². The highest BCUT2D eigenvalue weighted by Gasteiger charge is 2.21. The average molecular weight is 292 g/mol. The molecule has 1 aromatic rings. The largest absolute Gasteiger partial charge is 0.380 e. The van der Waals surface area contributed by atoms with Crippen LogP contribution in [-0.4, -0.2) is 44.8 Å². The summed E-state index contributed by atoms with van der Waals surface area (Å²) in [4.78, 5) is 25.2. The number of rotatable bonds is 6. The van der Waals surface area contributed by atoms with E-state index in [4.69, 9.17) is 10.5 Å². The predicted molar refractivity (Wildman–Crippen MR) is 80.3 cm³/mol. The van der Waals surface area contributed by atoms with Gasteiger partial charge in [0.2, 0.25) is 5.91 Å². The maximum Gasteiger partial charge on any atom is 0.321 e. The first-order chi connectivity index (χ1) is 10.1. The monoisotopic (exact) mass is 292 g/mol. The molecule has 7 nitrogen and oxygen atoms in total. The van der Waals surface area contributed by atoms with Crippen molar-refractivity contribution in [1.82, 2.24) is 5.32 Å². The van der Waals surface area contributed by atoms with Crippen LogP contribution in [0.4, 0.5) is 16.2 Å². The second kappa shape index (κ2) is 7.05. The lowest BCUT2D eigenvalue weighted by molar-refractivity contribution is -0.118. The number of nitrogens with one attached hydrogen (secondary N) is 2. The zero-order chi connectivity index (χ0) is 15.2. The van der Waals surface area contributed by atoms with Crippen LogP contribution in [0, 0.1) is 0 Å². The van der Waals surface area contributed by atoms with Gasteiger partial charge in [0, 0.05) is 38.1 Å². The molecule has 4 N–H and O–H groups in total. The van der Waals surface area contributed by atoms with Gasteiger partial charge in [-0.05, 0) is 18.2 Å². The van der Waals surface area contributed by atoms with Crippen LogP contribution in [0.25, 0.3) is 0 Å². The molecular formula is C14H20N4O3. The highest BCUT2D eigenvalue weighted by Crippen LogP contribution is 2.21. The molecule has 1 atom stereocenters. The number of anilines is 2. The van der Waals surface area contributed by atoms with Gasteiger partial charge in [-0.3, -0.25) is 9.69 Å². The zero-order valence-corrected chi connectivity index (χ0v) is 12.0. The summed E-state index contributed by atoms with van der Waals surface area (Å²) in [6, 6.07) is 7.05. The van der Waals surface area contributed by atoms with E-state index in [1.807, 2.05) is 6.07 Å². The van der Waals surface area contributed by atoms with Gasteiger partial charge < -0.3 is 21.1 Å². The van der Waals surface area contributed by atoms with E-state index in [2.05, 4.69) is 10.6 Å². The van der Waals surface area contributed by atoms with Crippen LogP contribution in [-0.2, 0) is 9.53 Å². The molecule has 0 saturated carbocycles. The van der Waals surface area contributed by atoms with E-state index in [1.54, 1.807) is 23.1 Å². The number of nitrogens with zero attached hydrogens (tertiary/aromatic N) is 1. The van der Waals surface area contributed by atoms with Crippen molar-refractivity contribution in [1.29, 1.82) is 0 Å². The first kappa shape index (κ1) is 15.3. The van der Waals surface area contributed by atoms with E-state index in [0.29, 0.717) is 18.8 Å². The van der Waals surface area contributed by atoms with Gasteiger partial charge in [0.05, 0.1) is 12.5 Å². The number of carbonyl (C=O) groups is 2. The molecule has 1 aromatic carbocycles. The van der Waals surface area contributed by atoms with Gasteiger partial charge in [0.25, 0.3) is 0 Å². The van der Waals surface area contributed by atoms with E-state index < -0.39 is 0 Å². The lowest BCUT2D eigenvalue weighted by Gasteiger charge is -2.16. The summed E-state index contributed by atoms with van der Waals surface area (Å²) in [6.07, 6.45) is -0.0981. The number of benzene rings is 1. The Morgan fingerprint density at radius 2 is 2.38 bits per heavy atom. The topological polar surface area (TPSA) is 96.7 Å². The van der Waals surface area contributed by atoms with Crippen molar-refractivity contribution in [2.75, 3.05) is 37.0 Å². The lowest BCUT2D eigenvalue weighted by atomic mass is 10.2. The summed E-state index contributed by atoms with van der Waals surface area (Å²) < 4.78 is 5.08. The minimum atomic E-state index is -0.294. The Morgan fingerprint density at radius 1 is 1.57 bits per heavy atom. The highest BCUT2D eigenvalue weighted by atomic mass is 16.5. The van der Waals surface area contributed by atoms with Crippen molar-refractivity contribution in [3.05, 3.63) is 24.3 Å². The van der Waals surface area contributed by atoms with Crippen molar-refractivity contribution in [2.45, 2.75) is 12.5 Å². The van der Waals surface area contributed by atoms with E-state index in [9.17, 15) is 9.59 Å². The highest BCUT2D eigenvalue weighted by molar-refractivity contribution is 5.96. The minimum absolute atomic E-state index is 0.124. The van der Waals surface area contributed by atoms with E-state index in [-0.39, 0.29) is 31.0 Å². The summed E-state index contributed by atoms with van der Waals surface area (Å²) in [5.41, 5.74) is 6.89.